The number of carbonyl (C=O) groups excluding carboxylic acids is 1. The number of nitrogens with zero attached hydrogens (tertiary/aromatic N) is 1. The fourth-order valence-electron chi connectivity index (χ4n) is 4.15. The lowest BCUT2D eigenvalue weighted by molar-refractivity contribution is 0.0821. The van der Waals surface area contributed by atoms with E-state index >= 15 is 0 Å². The van der Waals surface area contributed by atoms with Crippen LogP contribution >= 0.6 is 0 Å². The van der Waals surface area contributed by atoms with Crippen molar-refractivity contribution in [3.8, 4) is 0 Å². The Bertz CT molecular complexity index is 497. The van der Waals surface area contributed by atoms with Crippen molar-refractivity contribution in [2.24, 2.45) is 16.7 Å². The Morgan fingerprint density at radius 3 is 2.68 bits per heavy atom. The van der Waals surface area contributed by atoms with E-state index in [0.29, 0.717) is 11.1 Å². The van der Waals surface area contributed by atoms with Gasteiger partial charge < -0.3 is 5.32 Å². The normalized spacial score (nSPS) is 35.3. The third-order valence-electron chi connectivity index (χ3n) is 6.00. The number of rotatable bonds is 2. The lowest BCUT2D eigenvalue weighted by Gasteiger charge is -2.39. The third kappa shape index (κ3) is 1.71. The standard InChI is InChI=1S/C16H22N2O/c1-15(2)11-7-8-16(15,3)13(10-11)18-14(19)12-6-4-5-9-17-12/h4-6,9,11,13H,7-8,10H2,1-3H3,(H,18,19). The Kier molecular flexibility index (Phi) is 2.70. The minimum atomic E-state index is -0.0322. The number of fused-ring (bicyclic) bond motifs is 2. The predicted octanol–water partition coefficient (Wildman–Crippen LogP) is 3.03. The molecule has 2 saturated carbocycles. The third-order valence-corrected chi connectivity index (χ3v) is 6.00. The summed E-state index contributed by atoms with van der Waals surface area (Å²) in [6.45, 7) is 7.05. The van der Waals surface area contributed by atoms with E-state index in [1.54, 1.807) is 12.3 Å². The molecule has 2 aliphatic carbocycles. The number of pyridine rings is 1. The lowest BCUT2D eigenvalue weighted by atomic mass is 9.69. The van der Waals surface area contributed by atoms with Crippen molar-refractivity contribution >= 4 is 5.91 Å². The van der Waals surface area contributed by atoms with Crippen LogP contribution in [0.25, 0.3) is 0 Å². The highest BCUT2D eigenvalue weighted by molar-refractivity contribution is 5.92. The Balaban J connectivity index is 1.78. The summed E-state index contributed by atoms with van der Waals surface area (Å²) in [6.07, 6.45) is 5.31. The molecule has 3 rings (SSSR count). The van der Waals surface area contributed by atoms with Gasteiger partial charge in [0.1, 0.15) is 5.69 Å². The molecule has 2 aliphatic rings. The minimum absolute atomic E-state index is 0.0322. The maximum Gasteiger partial charge on any atom is 0.270 e. The van der Waals surface area contributed by atoms with Crippen LogP contribution in [0.15, 0.2) is 24.4 Å². The molecule has 0 spiro atoms. The zero-order valence-electron chi connectivity index (χ0n) is 11.9. The fraction of sp³-hybridized carbons (Fsp3) is 0.625. The maximum atomic E-state index is 12.3. The molecule has 3 heteroatoms. The summed E-state index contributed by atoms with van der Waals surface area (Å²) in [6, 6.07) is 5.75. The molecule has 1 heterocycles. The highest BCUT2D eigenvalue weighted by Gasteiger charge is 2.61. The highest BCUT2D eigenvalue weighted by Crippen LogP contribution is 2.65. The van der Waals surface area contributed by atoms with Crippen LogP contribution < -0.4 is 5.32 Å². The van der Waals surface area contributed by atoms with Crippen LogP contribution in [0.5, 0.6) is 0 Å². The quantitative estimate of drug-likeness (QED) is 0.886. The monoisotopic (exact) mass is 258 g/mol. The van der Waals surface area contributed by atoms with Crippen LogP contribution in [0.3, 0.4) is 0 Å². The summed E-state index contributed by atoms with van der Waals surface area (Å²) < 4.78 is 0. The SMILES string of the molecule is CC1(C)C2CCC1(C)C(NC(=O)c1ccccn1)C2. The van der Waals surface area contributed by atoms with Gasteiger partial charge in [-0.3, -0.25) is 9.78 Å². The van der Waals surface area contributed by atoms with Gasteiger partial charge in [-0.15, -0.1) is 0 Å². The molecular weight excluding hydrogens is 236 g/mol. The zero-order valence-corrected chi connectivity index (χ0v) is 11.9. The number of hydrogen-bond acceptors (Lipinski definition) is 2. The van der Waals surface area contributed by atoms with E-state index in [1.807, 2.05) is 12.1 Å². The van der Waals surface area contributed by atoms with Crippen LogP contribution in [0.1, 0.15) is 50.5 Å². The molecule has 19 heavy (non-hydrogen) atoms. The summed E-state index contributed by atoms with van der Waals surface area (Å²) in [5.74, 6) is 0.710. The molecule has 0 aliphatic heterocycles. The second-order valence-corrected chi connectivity index (χ2v) is 6.85. The van der Waals surface area contributed by atoms with Crippen molar-refractivity contribution in [2.75, 3.05) is 0 Å². The van der Waals surface area contributed by atoms with Crippen molar-refractivity contribution in [3.05, 3.63) is 30.1 Å². The molecule has 1 aromatic heterocycles. The van der Waals surface area contributed by atoms with E-state index in [1.165, 1.54) is 12.8 Å². The Morgan fingerprint density at radius 1 is 1.37 bits per heavy atom. The fourth-order valence-corrected chi connectivity index (χ4v) is 4.15. The molecule has 3 unspecified atom stereocenters. The van der Waals surface area contributed by atoms with E-state index < -0.39 is 0 Å². The van der Waals surface area contributed by atoms with Gasteiger partial charge in [-0.1, -0.05) is 26.8 Å². The average molecular weight is 258 g/mol. The molecule has 3 atom stereocenters. The van der Waals surface area contributed by atoms with Crippen LogP contribution in [-0.4, -0.2) is 16.9 Å². The second kappa shape index (κ2) is 4.06. The van der Waals surface area contributed by atoms with Gasteiger partial charge in [-0.05, 0) is 48.1 Å². The second-order valence-electron chi connectivity index (χ2n) is 6.85. The van der Waals surface area contributed by atoms with Gasteiger partial charge in [0.15, 0.2) is 0 Å². The molecular formula is C16H22N2O. The smallest absolute Gasteiger partial charge is 0.270 e. The average Bonchev–Trinajstić information content (AvgIpc) is 2.73. The van der Waals surface area contributed by atoms with Crippen LogP contribution in [0, 0.1) is 16.7 Å². The van der Waals surface area contributed by atoms with Gasteiger partial charge in [-0.2, -0.15) is 0 Å². The van der Waals surface area contributed by atoms with Crippen molar-refractivity contribution < 1.29 is 4.79 Å². The van der Waals surface area contributed by atoms with Gasteiger partial charge in [0.2, 0.25) is 0 Å². The van der Waals surface area contributed by atoms with E-state index in [-0.39, 0.29) is 17.4 Å². The van der Waals surface area contributed by atoms with Crippen LogP contribution in [-0.2, 0) is 0 Å². The molecule has 3 nitrogen and oxygen atoms in total. The number of hydrogen-bond donors (Lipinski definition) is 1. The summed E-state index contributed by atoms with van der Waals surface area (Å²) >= 11 is 0. The van der Waals surface area contributed by atoms with Gasteiger partial charge in [0, 0.05) is 12.2 Å². The number of nitrogens with one attached hydrogen (secondary N) is 1. The summed E-state index contributed by atoms with van der Waals surface area (Å²) in [5.41, 5.74) is 1.07. The maximum absolute atomic E-state index is 12.3. The highest BCUT2D eigenvalue weighted by atomic mass is 16.1. The molecule has 0 radical (unpaired) electrons. The Labute approximate surface area is 114 Å². The van der Waals surface area contributed by atoms with E-state index in [9.17, 15) is 4.79 Å². The molecule has 102 valence electrons. The van der Waals surface area contributed by atoms with Crippen molar-refractivity contribution in [1.82, 2.24) is 10.3 Å². The van der Waals surface area contributed by atoms with Gasteiger partial charge >= 0.3 is 0 Å². The number of amides is 1. The molecule has 2 fully saturated rings. The van der Waals surface area contributed by atoms with Crippen molar-refractivity contribution in [3.63, 3.8) is 0 Å². The van der Waals surface area contributed by atoms with E-state index in [2.05, 4.69) is 31.1 Å². The first kappa shape index (κ1) is 12.6. The lowest BCUT2D eigenvalue weighted by Crippen LogP contribution is -2.47. The summed E-state index contributed by atoms with van der Waals surface area (Å²) in [5, 5.41) is 3.22. The molecule has 0 aromatic carbocycles. The van der Waals surface area contributed by atoms with E-state index in [4.69, 9.17) is 0 Å². The van der Waals surface area contributed by atoms with Crippen molar-refractivity contribution in [1.29, 1.82) is 0 Å². The summed E-state index contributed by atoms with van der Waals surface area (Å²) in [7, 11) is 0. The minimum Gasteiger partial charge on any atom is -0.347 e. The summed E-state index contributed by atoms with van der Waals surface area (Å²) in [4.78, 5) is 16.4. The molecule has 2 bridgehead atoms. The first-order valence-corrected chi connectivity index (χ1v) is 7.17. The molecule has 0 saturated heterocycles. The van der Waals surface area contributed by atoms with Gasteiger partial charge in [-0.25, -0.2) is 0 Å². The number of aromatic nitrogens is 1. The molecule has 1 amide bonds. The topological polar surface area (TPSA) is 42.0 Å². The van der Waals surface area contributed by atoms with Gasteiger partial charge in [0.05, 0.1) is 0 Å². The van der Waals surface area contributed by atoms with Crippen molar-refractivity contribution in [2.45, 2.75) is 46.1 Å². The Morgan fingerprint density at radius 2 is 2.16 bits per heavy atom. The van der Waals surface area contributed by atoms with Crippen LogP contribution in [0.4, 0.5) is 0 Å². The zero-order chi connectivity index (χ0) is 13.7. The first-order valence-electron chi connectivity index (χ1n) is 7.17. The predicted molar refractivity (Wildman–Crippen MR) is 74.7 cm³/mol. The van der Waals surface area contributed by atoms with E-state index in [0.717, 1.165) is 12.3 Å². The molecule has 1 N–H and O–H groups in total. The van der Waals surface area contributed by atoms with Gasteiger partial charge in [0.25, 0.3) is 5.91 Å². The first-order chi connectivity index (χ1) is 8.95. The largest absolute Gasteiger partial charge is 0.347 e. The van der Waals surface area contributed by atoms with Crippen LogP contribution in [0.2, 0.25) is 0 Å². The number of carbonyl (C=O) groups is 1. The Hall–Kier alpha value is -1.38. The molecule has 1 aromatic rings.